The van der Waals surface area contributed by atoms with Gasteiger partial charge in [0.2, 0.25) is 0 Å². The minimum Gasteiger partial charge on any atom is -1.00 e. The molecule has 0 aliphatic rings. The maximum Gasteiger partial charge on any atom is 0.555 e. The van der Waals surface area contributed by atoms with Crippen molar-refractivity contribution in [3.8, 4) is 0 Å². The summed E-state index contributed by atoms with van der Waals surface area (Å²) in [7, 11) is 0. The number of nitro benzene ring substituents is 1. The number of carbonyl (C=O) groups excluding carboxylic acids is 1. The van der Waals surface area contributed by atoms with Crippen molar-refractivity contribution in [3.63, 3.8) is 0 Å². The molecule has 9 heteroatoms. The molecule has 2 N–H and O–H groups in total. The largest absolute Gasteiger partial charge is 1.00 e. The highest BCUT2D eigenvalue weighted by Gasteiger charge is 2.37. The number of non-ortho nitro benzene ring substituents is 1. The fourth-order valence-electron chi connectivity index (χ4n) is 1.39. The van der Waals surface area contributed by atoms with Crippen LogP contribution in [0.5, 0.6) is 0 Å². The molecule has 0 aliphatic carbocycles. The molecule has 116 valence electrons. The number of carbonyl (C=O) groups is 2. The molecule has 21 heavy (non-hydrogen) atoms. The van der Waals surface area contributed by atoms with Gasteiger partial charge in [0, 0.05) is 12.1 Å². The summed E-state index contributed by atoms with van der Waals surface area (Å²) in [5.41, 5.74) is -0.971. The zero-order chi connectivity index (χ0) is 15.5. The van der Waals surface area contributed by atoms with Crippen molar-refractivity contribution in [2.75, 3.05) is 0 Å². The second-order valence-corrected chi connectivity index (χ2v) is 5.08. The Morgan fingerprint density at radius 1 is 1.24 bits per heavy atom. The van der Waals surface area contributed by atoms with E-state index < -0.39 is 22.5 Å². The first-order chi connectivity index (χ1) is 9.12. The van der Waals surface area contributed by atoms with Crippen LogP contribution in [0.2, 0.25) is 0 Å². The smallest absolute Gasteiger partial charge is 0.555 e. The Hall–Kier alpha value is -2.19. The van der Waals surface area contributed by atoms with Gasteiger partial charge in [-0.25, -0.2) is 4.79 Å². The molecule has 0 bridgehead atoms. The van der Waals surface area contributed by atoms with Crippen LogP contribution >= 0.6 is 0 Å². The van der Waals surface area contributed by atoms with Crippen molar-refractivity contribution < 1.29 is 41.9 Å². The summed E-state index contributed by atoms with van der Waals surface area (Å²) in [6.07, 6.45) is -1.33. The number of nitrogens with one attached hydrogen (secondary N) is 1. The number of halogens is 1. The molecule has 0 spiro atoms. The molecule has 8 nitrogen and oxygen atoms in total. The minimum absolute atomic E-state index is 0. The summed E-state index contributed by atoms with van der Waals surface area (Å²) in [4.78, 5) is 37.6. The summed E-state index contributed by atoms with van der Waals surface area (Å²) in [5, 5.41) is 19.1. The zero-order valence-electron chi connectivity index (χ0n) is 11.6. The predicted molar refractivity (Wildman–Crippen MR) is 67.3 cm³/mol. The van der Waals surface area contributed by atoms with Crippen LogP contribution in [-0.4, -0.2) is 27.6 Å². The highest BCUT2D eigenvalue weighted by atomic mass is 35.5. The molecule has 0 aromatic heterocycles. The number of nitrogens with zero attached hydrogens (tertiary/aromatic N) is 1. The van der Waals surface area contributed by atoms with Crippen molar-refractivity contribution in [3.05, 3.63) is 39.9 Å². The molecule has 1 unspecified atom stereocenters. The molecule has 1 aromatic rings. The summed E-state index contributed by atoms with van der Waals surface area (Å²) >= 11 is 0. The van der Waals surface area contributed by atoms with Crippen molar-refractivity contribution in [1.82, 2.24) is 0 Å². The summed E-state index contributed by atoms with van der Waals surface area (Å²) in [6.45, 7) is 4.79. The fraction of sp³-hybridized carbons (Fsp3) is 0.333. The molecule has 0 saturated carbocycles. The van der Waals surface area contributed by atoms with E-state index in [2.05, 4.69) is 0 Å². The van der Waals surface area contributed by atoms with E-state index in [9.17, 15) is 19.7 Å². The van der Waals surface area contributed by atoms with Crippen LogP contribution in [-0.2, 0) is 4.84 Å². The maximum atomic E-state index is 11.8. The van der Waals surface area contributed by atoms with Gasteiger partial charge in [0.1, 0.15) is 5.54 Å². The Kier molecular flexibility index (Phi) is 6.27. The number of rotatable bonds is 2. The highest BCUT2D eigenvalue weighted by molar-refractivity contribution is 5.89. The van der Waals surface area contributed by atoms with Crippen LogP contribution in [0.1, 0.15) is 31.1 Å². The Bertz CT molecular complexity index is 538. The number of benzene rings is 1. The molecule has 0 aliphatic heterocycles. The van der Waals surface area contributed by atoms with E-state index in [-0.39, 0.29) is 28.7 Å². The van der Waals surface area contributed by atoms with Crippen LogP contribution in [0, 0.1) is 10.1 Å². The van der Waals surface area contributed by atoms with E-state index >= 15 is 0 Å². The number of nitro groups is 1. The Balaban J connectivity index is 0.00000400. The number of hydroxylamine groups is 2. The average Bonchev–Trinajstić information content (AvgIpc) is 2.33. The lowest BCUT2D eigenvalue weighted by molar-refractivity contribution is -1.05. The van der Waals surface area contributed by atoms with Gasteiger partial charge in [0.25, 0.3) is 5.69 Å². The van der Waals surface area contributed by atoms with Crippen molar-refractivity contribution >= 4 is 17.7 Å². The third kappa shape index (κ3) is 5.01. The standard InChI is InChI=1S/C12H14N2O6.ClH/c1-12(2,3)13(11(16)17)20-10(15)8-4-6-9(7-5-8)14(18)19;/h4-7H,1-3H3,(H,16,17);1H. The quantitative estimate of drug-likeness (QED) is 0.483. The van der Waals surface area contributed by atoms with Gasteiger partial charge < -0.3 is 17.5 Å². The van der Waals surface area contributed by atoms with Gasteiger partial charge in [0.15, 0.2) is 0 Å². The first-order valence-corrected chi connectivity index (χ1v) is 5.70. The van der Waals surface area contributed by atoms with Crippen LogP contribution in [0.15, 0.2) is 24.3 Å². The SMILES string of the molecule is CC(C)(C)[NH+](OC(=O)c1ccc([N+](=O)[O-])cc1)C(=O)O.[Cl-]. The van der Waals surface area contributed by atoms with E-state index in [1.54, 1.807) is 20.8 Å². The minimum atomic E-state index is -1.33. The molecular formula is C12H15ClN2O6. The fourth-order valence-corrected chi connectivity index (χ4v) is 1.39. The molecule has 1 rings (SSSR count). The first-order valence-electron chi connectivity index (χ1n) is 5.70. The van der Waals surface area contributed by atoms with Gasteiger partial charge in [-0.3, -0.25) is 15.0 Å². The summed E-state index contributed by atoms with van der Waals surface area (Å²) < 4.78 is 0. The van der Waals surface area contributed by atoms with Crippen LogP contribution in [0.3, 0.4) is 0 Å². The lowest BCUT2D eigenvalue weighted by atomic mass is 10.1. The van der Waals surface area contributed by atoms with Gasteiger partial charge >= 0.3 is 12.1 Å². The van der Waals surface area contributed by atoms with Gasteiger partial charge in [-0.2, -0.15) is 4.79 Å². The van der Waals surface area contributed by atoms with E-state index in [1.165, 1.54) is 12.1 Å². The average molecular weight is 319 g/mol. The monoisotopic (exact) mass is 318 g/mol. The van der Waals surface area contributed by atoms with Gasteiger partial charge in [0.05, 0.1) is 10.5 Å². The van der Waals surface area contributed by atoms with Crippen molar-refractivity contribution in [2.45, 2.75) is 26.3 Å². The van der Waals surface area contributed by atoms with Crippen LogP contribution in [0.25, 0.3) is 0 Å². The van der Waals surface area contributed by atoms with E-state index in [0.29, 0.717) is 0 Å². The summed E-state index contributed by atoms with van der Waals surface area (Å²) in [6, 6.07) is 4.72. The normalized spacial score (nSPS) is 12.0. The lowest BCUT2D eigenvalue weighted by Gasteiger charge is -2.23. The number of hydrogen-bond acceptors (Lipinski definition) is 5. The third-order valence-corrected chi connectivity index (χ3v) is 2.38. The van der Waals surface area contributed by atoms with Crippen molar-refractivity contribution in [2.24, 2.45) is 0 Å². The second kappa shape index (κ2) is 7.00. The van der Waals surface area contributed by atoms with Gasteiger partial charge in [-0.1, -0.05) is 0 Å². The molecule has 1 amide bonds. The molecule has 1 atom stereocenters. The lowest BCUT2D eigenvalue weighted by Crippen LogP contribution is -3.20. The van der Waals surface area contributed by atoms with Gasteiger partial charge in [-0.05, 0) is 38.0 Å². The topological polar surface area (TPSA) is 111 Å². The zero-order valence-corrected chi connectivity index (χ0v) is 12.4. The molecule has 0 fully saturated rings. The molecule has 1 aromatic carbocycles. The number of quaternary nitrogens is 1. The summed E-state index contributed by atoms with van der Waals surface area (Å²) in [5.74, 6) is -0.868. The molecule has 0 saturated heterocycles. The van der Waals surface area contributed by atoms with Crippen LogP contribution in [0.4, 0.5) is 10.5 Å². The number of amides is 1. The number of carboxylic acid groups (broad SMARTS) is 1. The third-order valence-electron chi connectivity index (χ3n) is 2.38. The molecule has 0 radical (unpaired) electrons. The van der Waals surface area contributed by atoms with E-state index in [0.717, 1.165) is 12.1 Å². The Labute approximate surface area is 126 Å². The predicted octanol–water partition coefficient (Wildman–Crippen LogP) is -1.97. The molecular weight excluding hydrogens is 304 g/mol. The number of hydrogen-bond donors (Lipinski definition) is 2. The maximum absolute atomic E-state index is 11.8. The van der Waals surface area contributed by atoms with E-state index in [1.807, 2.05) is 0 Å². The van der Waals surface area contributed by atoms with Crippen molar-refractivity contribution in [1.29, 1.82) is 0 Å². The van der Waals surface area contributed by atoms with Crippen LogP contribution < -0.4 is 17.5 Å². The second-order valence-electron chi connectivity index (χ2n) is 5.08. The molecule has 0 heterocycles. The van der Waals surface area contributed by atoms with E-state index in [4.69, 9.17) is 9.94 Å². The van der Waals surface area contributed by atoms with Gasteiger partial charge in [-0.15, -0.1) is 0 Å². The Morgan fingerprint density at radius 2 is 1.71 bits per heavy atom. The Morgan fingerprint density at radius 3 is 2.05 bits per heavy atom. The highest BCUT2D eigenvalue weighted by Crippen LogP contribution is 2.12. The first kappa shape index (κ1) is 18.8.